The van der Waals surface area contributed by atoms with Crippen molar-refractivity contribution in [1.29, 1.82) is 0 Å². The molecule has 0 radical (unpaired) electrons. The average Bonchev–Trinajstić information content (AvgIpc) is 2.24. The zero-order chi connectivity index (χ0) is 11.0. The molecule has 0 aliphatic rings. The fourth-order valence-corrected chi connectivity index (χ4v) is 0.930. The number of aromatic nitrogens is 1. The first-order valence-electron chi connectivity index (χ1n) is 5.15. The Balaban J connectivity index is 0.000000791. The van der Waals surface area contributed by atoms with Gasteiger partial charge in [-0.2, -0.15) is 0 Å². The van der Waals surface area contributed by atoms with Gasteiger partial charge in [-0.25, -0.2) is 0 Å². The zero-order valence-corrected chi connectivity index (χ0v) is 9.50. The van der Waals surface area contributed by atoms with Gasteiger partial charge in [-0.15, -0.1) is 0 Å². The fraction of sp³-hybridized carbons (Fsp3) is 0.500. The number of Topliss-reactive ketones (excluding diaryl/α,β-unsaturated/α-hetero) is 1. The molecule has 0 fully saturated rings. The standard InChI is InChI=1S/C10H13NO.C2H6/c1-3-10(12)6-9-5-4-8(2)7-11-9;1-2/h4-5,7H,3,6H2,1-2H3;1-2H3. The van der Waals surface area contributed by atoms with Crippen molar-refractivity contribution >= 4 is 5.78 Å². The van der Waals surface area contributed by atoms with E-state index in [0.29, 0.717) is 12.8 Å². The van der Waals surface area contributed by atoms with Crippen LogP contribution < -0.4 is 0 Å². The van der Waals surface area contributed by atoms with Crippen LogP contribution in [0.3, 0.4) is 0 Å². The van der Waals surface area contributed by atoms with Crippen molar-refractivity contribution < 1.29 is 4.79 Å². The summed E-state index contributed by atoms with van der Waals surface area (Å²) in [5.74, 6) is 0.242. The molecular weight excluding hydrogens is 174 g/mol. The van der Waals surface area contributed by atoms with Gasteiger partial charge in [0.1, 0.15) is 5.78 Å². The monoisotopic (exact) mass is 193 g/mol. The Hall–Kier alpha value is -1.18. The van der Waals surface area contributed by atoms with Crippen molar-refractivity contribution in [3.05, 3.63) is 29.6 Å². The number of aryl methyl sites for hydroxylation is 1. The molecule has 1 aromatic heterocycles. The summed E-state index contributed by atoms with van der Waals surface area (Å²) in [5, 5.41) is 0. The van der Waals surface area contributed by atoms with Gasteiger partial charge in [-0.3, -0.25) is 9.78 Å². The maximum atomic E-state index is 11.0. The normalized spacial score (nSPS) is 8.86. The number of rotatable bonds is 3. The van der Waals surface area contributed by atoms with E-state index in [2.05, 4.69) is 4.98 Å². The molecular formula is C12H19NO. The molecule has 0 aromatic carbocycles. The molecule has 0 atom stereocenters. The van der Waals surface area contributed by atoms with Crippen LogP contribution in [0.2, 0.25) is 0 Å². The Labute approximate surface area is 86.4 Å². The molecule has 1 heterocycles. The van der Waals surface area contributed by atoms with Gasteiger partial charge in [0, 0.05) is 24.7 Å². The zero-order valence-electron chi connectivity index (χ0n) is 9.50. The summed E-state index contributed by atoms with van der Waals surface area (Å²) in [7, 11) is 0. The summed E-state index contributed by atoms with van der Waals surface area (Å²) < 4.78 is 0. The highest BCUT2D eigenvalue weighted by Gasteiger charge is 2.00. The molecule has 0 saturated carbocycles. The molecule has 0 spiro atoms. The van der Waals surface area contributed by atoms with Crippen LogP contribution in [0.1, 0.15) is 38.4 Å². The summed E-state index contributed by atoms with van der Waals surface area (Å²) in [4.78, 5) is 15.2. The first-order valence-corrected chi connectivity index (χ1v) is 5.15. The van der Waals surface area contributed by atoms with Crippen molar-refractivity contribution in [1.82, 2.24) is 4.98 Å². The lowest BCUT2D eigenvalue weighted by molar-refractivity contribution is -0.118. The fourth-order valence-electron chi connectivity index (χ4n) is 0.930. The van der Waals surface area contributed by atoms with Crippen molar-refractivity contribution in [2.24, 2.45) is 0 Å². The van der Waals surface area contributed by atoms with Gasteiger partial charge in [-0.05, 0) is 18.6 Å². The molecule has 0 aliphatic heterocycles. The van der Waals surface area contributed by atoms with E-state index in [-0.39, 0.29) is 5.78 Å². The molecule has 2 heteroatoms. The first-order chi connectivity index (χ1) is 6.72. The largest absolute Gasteiger partial charge is 0.299 e. The maximum Gasteiger partial charge on any atom is 0.138 e. The molecule has 2 nitrogen and oxygen atoms in total. The Morgan fingerprint density at radius 3 is 2.43 bits per heavy atom. The van der Waals surface area contributed by atoms with Crippen molar-refractivity contribution in [2.45, 2.75) is 40.5 Å². The lowest BCUT2D eigenvalue weighted by Gasteiger charge is -1.97. The van der Waals surface area contributed by atoms with Crippen LogP contribution in [0.5, 0.6) is 0 Å². The van der Waals surface area contributed by atoms with E-state index < -0.39 is 0 Å². The van der Waals surface area contributed by atoms with Gasteiger partial charge >= 0.3 is 0 Å². The number of ketones is 1. The average molecular weight is 193 g/mol. The molecule has 0 unspecified atom stereocenters. The minimum Gasteiger partial charge on any atom is -0.299 e. The molecule has 14 heavy (non-hydrogen) atoms. The quantitative estimate of drug-likeness (QED) is 0.738. The van der Waals surface area contributed by atoms with Gasteiger partial charge in [0.2, 0.25) is 0 Å². The van der Waals surface area contributed by atoms with E-state index in [0.717, 1.165) is 11.3 Å². The van der Waals surface area contributed by atoms with Crippen molar-refractivity contribution in [2.75, 3.05) is 0 Å². The van der Waals surface area contributed by atoms with Gasteiger partial charge in [0.25, 0.3) is 0 Å². The SMILES string of the molecule is CC.CCC(=O)Cc1ccc(C)cn1. The number of hydrogen-bond donors (Lipinski definition) is 0. The van der Waals surface area contributed by atoms with Gasteiger partial charge < -0.3 is 0 Å². The second kappa shape index (κ2) is 7.25. The predicted molar refractivity (Wildman–Crippen MR) is 59.3 cm³/mol. The Morgan fingerprint density at radius 1 is 1.36 bits per heavy atom. The van der Waals surface area contributed by atoms with E-state index >= 15 is 0 Å². The maximum absolute atomic E-state index is 11.0. The van der Waals surface area contributed by atoms with E-state index in [9.17, 15) is 4.79 Å². The predicted octanol–water partition coefficient (Wildman–Crippen LogP) is 2.94. The van der Waals surface area contributed by atoms with Gasteiger partial charge in [0.05, 0.1) is 0 Å². The van der Waals surface area contributed by atoms with E-state index in [1.54, 1.807) is 6.20 Å². The highest BCUT2D eigenvalue weighted by molar-refractivity contribution is 5.80. The summed E-state index contributed by atoms with van der Waals surface area (Å²) in [6.45, 7) is 7.86. The van der Waals surface area contributed by atoms with Crippen LogP contribution >= 0.6 is 0 Å². The smallest absolute Gasteiger partial charge is 0.138 e. The summed E-state index contributed by atoms with van der Waals surface area (Å²) >= 11 is 0. The third-order valence-corrected chi connectivity index (χ3v) is 1.75. The Morgan fingerprint density at radius 2 is 2.00 bits per heavy atom. The molecule has 78 valence electrons. The number of hydrogen-bond acceptors (Lipinski definition) is 2. The summed E-state index contributed by atoms with van der Waals surface area (Å²) in [6, 6.07) is 3.88. The first kappa shape index (κ1) is 12.8. The summed E-state index contributed by atoms with van der Waals surface area (Å²) in [6.07, 6.45) is 2.85. The second-order valence-corrected chi connectivity index (χ2v) is 2.90. The van der Waals surface area contributed by atoms with Crippen LogP contribution in [0.4, 0.5) is 0 Å². The highest BCUT2D eigenvalue weighted by atomic mass is 16.1. The lowest BCUT2D eigenvalue weighted by Crippen LogP contribution is -2.01. The Kier molecular flexibility index (Phi) is 6.63. The molecule has 0 bridgehead atoms. The van der Waals surface area contributed by atoms with Crippen LogP contribution in [0.25, 0.3) is 0 Å². The van der Waals surface area contributed by atoms with Crippen LogP contribution in [0, 0.1) is 6.92 Å². The van der Waals surface area contributed by atoms with E-state index in [1.807, 2.05) is 39.8 Å². The topological polar surface area (TPSA) is 30.0 Å². The molecule has 0 amide bonds. The summed E-state index contributed by atoms with van der Waals surface area (Å²) in [5.41, 5.74) is 2.00. The van der Waals surface area contributed by atoms with E-state index in [1.165, 1.54) is 0 Å². The number of carbonyl (C=O) groups is 1. The minimum absolute atomic E-state index is 0.242. The molecule has 1 aromatic rings. The molecule has 0 aliphatic carbocycles. The number of carbonyl (C=O) groups excluding carboxylic acids is 1. The number of nitrogens with zero attached hydrogens (tertiary/aromatic N) is 1. The molecule has 0 N–H and O–H groups in total. The Bertz CT molecular complexity index is 264. The molecule has 0 saturated heterocycles. The third kappa shape index (κ3) is 4.75. The second-order valence-electron chi connectivity index (χ2n) is 2.90. The van der Waals surface area contributed by atoms with Crippen LogP contribution in [-0.2, 0) is 11.2 Å². The van der Waals surface area contributed by atoms with Gasteiger partial charge in [-0.1, -0.05) is 26.8 Å². The minimum atomic E-state index is 0.242. The lowest BCUT2D eigenvalue weighted by atomic mass is 10.1. The highest BCUT2D eigenvalue weighted by Crippen LogP contribution is 2.00. The molecule has 1 rings (SSSR count). The van der Waals surface area contributed by atoms with E-state index in [4.69, 9.17) is 0 Å². The van der Waals surface area contributed by atoms with Crippen LogP contribution in [0.15, 0.2) is 18.3 Å². The number of pyridine rings is 1. The van der Waals surface area contributed by atoms with Crippen LogP contribution in [-0.4, -0.2) is 10.8 Å². The third-order valence-electron chi connectivity index (χ3n) is 1.75. The van der Waals surface area contributed by atoms with Gasteiger partial charge in [0.15, 0.2) is 0 Å². The van der Waals surface area contributed by atoms with Crippen molar-refractivity contribution in [3.8, 4) is 0 Å². The van der Waals surface area contributed by atoms with Crippen molar-refractivity contribution in [3.63, 3.8) is 0 Å².